The summed E-state index contributed by atoms with van der Waals surface area (Å²) in [6, 6.07) is 6.01. The van der Waals surface area contributed by atoms with Gasteiger partial charge < -0.3 is 15.2 Å². The highest BCUT2D eigenvalue weighted by atomic mass is 16.5. The molecule has 1 aliphatic heterocycles. The molecule has 1 unspecified atom stereocenters. The molecule has 1 atom stereocenters. The van der Waals surface area contributed by atoms with Gasteiger partial charge in [0.25, 0.3) is 0 Å². The number of fused-ring (bicyclic) bond motifs is 1. The summed E-state index contributed by atoms with van der Waals surface area (Å²) < 4.78 is 5.54. The van der Waals surface area contributed by atoms with Gasteiger partial charge in [0.15, 0.2) is 0 Å². The van der Waals surface area contributed by atoms with Crippen molar-refractivity contribution in [2.45, 2.75) is 32.4 Å². The highest BCUT2D eigenvalue weighted by Gasteiger charge is 2.21. The second-order valence-corrected chi connectivity index (χ2v) is 4.23. The van der Waals surface area contributed by atoms with Crippen LogP contribution in [0.1, 0.15) is 31.9 Å². The van der Waals surface area contributed by atoms with Crippen LogP contribution < -0.4 is 10.1 Å². The van der Waals surface area contributed by atoms with Gasteiger partial charge in [-0.2, -0.15) is 0 Å². The first-order valence-electron chi connectivity index (χ1n) is 5.38. The van der Waals surface area contributed by atoms with Crippen LogP contribution in [0.25, 0.3) is 0 Å². The molecule has 0 fully saturated rings. The topological polar surface area (TPSA) is 41.5 Å². The molecule has 0 spiro atoms. The van der Waals surface area contributed by atoms with Gasteiger partial charge in [-0.25, -0.2) is 0 Å². The average molecular weight is 207 g/mol. The third-order valence-electron chi connectivity index (χ3n) is 2.57. The van der Waals surface area contributed by atoms with E-state index in [4.69, 9.17) is 4.74 Å². The van der Waals surface area contributed by atoms with Gasteiger partial charge in [0.2, 0.25) is 0 Å². The molecule has 1 aliphatic rings. The molecule has 15 heavy (non-hydrogen) atoms. The third-order valence-corrected chi connectivity index (χ3v) is 2.57. The van der Waals surface area contributed by atoms with Crippen LogP contribution in [-0.2, 0) is 0 Å². The monoisotopic (exact) mass is 207 g/mol. The summed E-state index contributed by atoms with van der Waals surface area (Å²) in [6.07, 6.45) is 0.953. The minimum Gasteiger partial charge on any atom is -0.508 e. The van der Waals surface area contributed by atoms with Crippen LogP contribution in [0.5, 0.6) is 11.5 Å². The summed E-state index contributed by atoms with van der Waals surface area (Å²) in [5.41, 5.74) is 1.06. The molecule has 0 saturated carbocycles. The first kappa shape index (κ1) is 10.3. The molecular weight excluding hydrogens is 190 g/mol. The molecule has 3 heteroatoms. The molecular formula is C12H17NO2. The normalized spacial score (nSPS) is 19.8. The lowest BCUT2D eigenvalue weighted by atomic mass is 9.99. The van der Waals surface area contributed by atoms with Crippen LogP contribution in [-0.4, -0.2) is 17.8 Å². The number of benzene rings is 1. The third kappa shape index (κ3) is 2.23. The van der Waals surface area contributed by atoms with Gasteiger partial charge in [0.1, 0.15) is 11.5 Å². The zero-order valence-corrected chi connectivity index (χ0v) is 9.16. The van der Waals surface area contributed by atoms with Gasteiger partial charge in [-0.15, -0.1) is 0 Å². The summed E-state index contributed by atoms with van der Waals surface area (Å²) in [5.74, 6) is 1.19. The minimum absolute atomic E-state index is 0.292. The molecule has 0 aromatic heterocycles. The quantitative estimate of drug-likeness (QED) is 0.781. The van der Waals surface area contributed by atoms with Gasteiger partial charge >= 0.3 is 0 Å². The van der Waals surface area contributed by atoms with E-state index in [1.165, 1.54) is 0 Å². The molecule has 3 nitrogen and oxygen atoms in total. The molecule has 2 rings (SSSR count). The van der Waals surface area contributed by atoms with Crippen molar-refractivity contribution in [3.8, 4) is 11.5 Å². The molecule has 0 amide bonds. The summed E-state index contributed by atoms with van der Waals surface area (Å²) in [5, 5.41) is 12.9. The Morgan fingerprint density at radius 2 is 2.27 bits per heavy atom. The summed E-state index contributed by atoms with van der Waals surface area (Å²) >= 11 is 0. The van der Waals surface area contributed by atoms with Crippen molar-refractivity contribution < 1.29 is 9.84 Å². The van der Waals surface area contributed by atoms with E-state index in [0.29, 0.717) is 17.8 Å². The maximum atomic E-state index is 9.46. The summed E-state index contributed by atoms with van der Waals surface area (Å²) in [7, 11) is 0. The van der Waals surface area contributed by atoms with Crippen molar-refractivity contribution in [2.24, 2.45) is 0 Å². The highest BCUT2D eigenvalue weighted by Crippen LogP contribution is 2.34. The van der Waals surface area contributed by atoms with Crippen molar-refractivity contribution in [1.29, 1.82) is 0 Å². The van der Waals surface area contributed by atoms with E-state index < -0.39 is 0 Å². The lowest BCUT2D eigenvalue weighted by molar-refractivity contribution is 0.246. The van der Waals surface area contributed by atoms with E-state index in [0.717, 1.165) is 24.3 Å². The second kappa shape index (κ2) is 4.11. The SMILES string of the molecule is CC(C)NC1CCOc2ccc(O)cc21. The maximum absolute atomic E-state index is 9.46. The number of phenols is 1. The van der Waals surface area contributed by atoms with E-state index in [1.54, 1.807) is 12.1 Å². The number of nitrogens with one attached hydrogen (secondary N) is 1. The van der Waals surface area contributed by atoms with Gasteiger partial charge in [0.05, 0.1) is 6.61 Å². The Kier molecular flexibility index (Phi) is 2.82. The lowest BCUT2D eigenvalue weighted by Crippen LogP contribution is -2.31. The molecule has 0 bridgehead atoms. The number of hydrogen-bond acceptors (Lipinski definition) is 3. The Bertz CT molecular complexity index is 349. The summed E-state index contributed by atoms with van der Waals surface area (Å²) in [6.45, 7) is 4.98. The Hall–Kier alpha value is -1.22. The number of aromatic hydroxyl groups is 1. The van der Waals surface area contributed by atoms with E-state index in [1.807, 2.05) is 6.07 Å². The Morgan fingerprint density at radius 1 is 1.47 bits per heavy atom. The van der Waals surface area contributed by atoms with Crippen LogP contribution in [0.15, 0.2) is 18.2 Å². The van der Waals surface area contributed by atoms with Gasteiger partial charge in [-0.05, 0) is 18.2 Å². The molecule has 1 heterocycles. The van der Waals surface area contributed by atoms with Gasteiger partial charge in [-0.1, -0.05) is 13.8 Å². The first-order valence-corrected chi connectivity index (χ1v) is 5.38. The van der Waals surface area contributed by atoms with Crippen molar-refractivity contribution in [3.63, 3.8) is 0 Å². The molecule has 1 aromatic rings. The van der Waals surface area contributed by atoms with Crippen LogP contribution in [0.3, 0.4) is 0 Å². The minimum atomic E-state index is 0.292. The fourth-order valence-electron chi connectivity index (χ4n) is 1.96. The van der Waals surface area contributed by atoms with Crippen LogP contribution in [0.4, 0.5) is 0 Å². The first-order chi connectivity index (χ1) is 7.16. The average Bonchev–Trinajstić information content (AvgIpc) is 2.18. The number of phenolic OH excluding ortho intramolecular Hbond substituents is 1. The Balaban J connectivity index is 2.28. The summed E-state index contributed by atoms with van der Waals surface area (Å²) in [4.78, 5) is 0. The van der Waals surface area contributed by atoms with E-state index in [9.17, 15) is 5.11 Å². The molecule has 2 N–H and O–H groups in total. The van der Waals surface area contributed by atoms with Crippen LogP contribution >= 0.6 is 0 Å². The van der Waals surface area contributed by atoms with Crippen LogP contribution in [0, 0.1) is 0 Å². The number of ether oxygens (including phenoxy) is 1. The Morgan fingerprint density at radius 3 is 3.00 bits per heavy atom. The molecule has 0 saturated heterocycles. The Labute approximate surface area is 90.1 Å². The molecule has 0 aliphatic carbocycles. The second-order valence-electron chi connectivity index (χ2n) is 4.23. The van der Waals surface area contributed by atoms with Gasteiger partial charge in [0, 0.05) is 24.1 Å². The highest BCUT2D eigenvalue weighted by molar-refractivity contribution is 5.42. The fourth-order valence-corrected chi connectivity index (χ4v) is 1.96. The number of hydrogen-bond donors (Lipinski definition) is 2. The largest absolute Gasteiger partial charge is 0.508 e. The molecule has 82 valence electrons. The van der Waals surface area contributed by atoms with E-state index in [-0.39, 0.29) is 0 Å². The van der Waals surface area contributed by atoms with Crippen molar-refractivity contribution in [2.75, 3.05) is 6.61 Å². The van der Waals surface area contributed by atoms with Gasteiger partial charge in [-0.3, -0.25) is 0 Å². The molecule has 1 aromatic carbocycles. The predicted molar refractivity (Wildman–Crippen MR) is 59.2 cm³/mol. The van der Waals surface area contributed by atoms with Crippen LogP contribution in [0.2, 0.25) is 0 Å². The van der Waals surface area contributed by atoms with Crippen molar-refractivity contribution in [3.05, 3.63) is 23.8 Å². The zero-order chi connectivity index (χ0) is 10.8. The number of rotatable bonds is 2. The van der Waals surface area contributed by atoms with E-state index in [2.05, 4.69) is 19.2 Å². The van der Waals surface area contributed by atoms with Crippen molar-refractivity contribution in [1.82, 2.24) is 5.32 Å². The fraction of sp³-hybridized carbons (Fsp3) is 0.500. The predicted octanol–water partition coefficient (Wildman–Crippen LogP) is 2.21. The van der Waals surface area contributed by atoms with E-state index >= 15 is 0 Å². The standard InChI is InChI=1S/C12H17NO2/c1-8(2)13-11-5-6-15-12-4-3-9(14)7-10(11)12/h3-4,7-8,11,13-14H,5-6H2,1-2H3. The zero-order valence-electron chi connectivity index (χ0n) is 9.16. The van der Waals surface area contributed by atoms with Crippen molar-refractivity contribution >= 4 is 0 Å². The molecule has 0 radical (unpaired) electrons. The lowest BCUT2D eigenvalue weighted by Gasteiger charge is -2.28. The smallest absolute Gasteiger partial charge is 0.124 e. The maximum Gasteiger partial charge on any atom is 0.124 e.